The fourth-order valence-corrected chi connectivity index (χ4v) is 2.26. The van der Waals surface area contributed by atoms with Gasteiger partial charge in [-0.05, 0) is 5.39 Å². The van der Waals surface area contributed by atoms with Crippen LogP contribution in [0.25, 0.3) is 22.2 Å². The van der Waals surface area contributed by atoms with Gasteiger partial charge in [-0.25, -0.2) is 9.97 Å². The molecule has 0 unspecified atom stereocenters. The largest absolute Gasteiger partial charge is 0.378 e. The van der Waals surface area contributed by atoms with Crippen molar-refractivity contribution in [2.24, 2.45) is 0 Å². The predicted molar refractivity (Wildman–Crippen MR) is 83.0 cm³/mol. The first-order valence-electron chi connectivity index (χ1n) is 6.69. The average Bonchev–Trinajstić information content (AvgIpc) is 2.54. The Morgan fingerprint density at radius 3 is 2.81 bits per heavy atom. The minimum absolute atomic E-state index is 0.447. The van der Waals surface area contributed by atoms with E-state index < -0.39 is 0 Å². The van der Waals surface area contributed by atoms with Crippen molar-refractivity contribution in [2.75, 3.05) is 19.5 Å². The third kappa shape index (κ3) is 2.68. The van der Waals surface area contributed by atoms with Crippen LogP contribution in [0.2, 0.25) is 0 Å². The molecule has 2 aromatic heterocycles. The third-order valence-electron chi connectivity index (χ3n) is 3.24. The lowest BCUT2D eigenvalue weighted by Gasteiger charge is -2.09. The smallest absolute Gasteiger partial charge is 0.164 e. The normalized spacial score (nSPS) is 10.8. The number of fused-ring (bicyclic) bond motifs is 1. The number of anilines is 1. The summed E-state index contributed by atoms with van der Waals surface area (Å²) in [6.07, 6.45) is 3.64. The number of methoxy groups -OCH3 is 1. The molecule has 106 valence electrons. The van der Waals surface area contributed by atoms with Gasteiger partial charge in [-0.15, -0.1) is 0 Å². The van der Waals surface area contributed by atoms with E-state index in [4.69, 9.17) is 4.74 Å². The molecule has 0 bridgehead atoms. The molecule has 0 aliphatic carbocycles. The third-order valence-corrected chi connectivity index (χ3v) is 3.24. The SMILES string of the molecule is CNc1cc(COC)nc(-c2cncc3ccccc23)n1. The zero-order chi connectivity index (χ0) is 14.7. The summed E-state index contributed by atoms with van der Waals surface area (Å²) in [4.78, 5) is 13.4. The number of benzene rings is 1. The molecule has 0 aliphatic heterocycles. The first kappa shape index (κ1) is 13.5. The highest BCUT2D eigenvalue weighted by Crippen LogP contribution is 2.26. The van der Waals surface area contributed by atoms with E-state index in [1.807, 2.05) is 37.5 Å². The van der Waals surface area contributed by atoms with Crippen LogP contribution in [0.5, 0.6) is 0 Å². The van der Waals surface area contributed by atoms with Crippen LogP contribution in [-0.2, 0) is 11.3 Å². The van der Waals surface area contributed by atoms with Crippen molar-refractivity contribution in [3.63, 3.8) is 0 Å². The van der Waals surface area contributed by atoms with Crippen LogP contribution in [-0.4, -0.2) is 29.1 Å². The van der Waals surface area contributed by atoms with Crippen molar-refractivity contribution in [2.45, 2.75) is 6.61 Å². The van der Waals surface area contributed by atoms with E-state index in [0.717, 1.165) is 27.8 Å². The van der Waals surface area contributed by atoms with E-state index in [2.05, 4.69) is 26.3 Å². The maximum absolute atomic E-state index is 5.17. The molecular weight excluding hydrogens is 264 g/mol. The van der Waals surface area contributed by atoms with Crippen LogP contribution in [0, 0.1) is 0 Å². The number of aromatic nitrogens is 3. The number of nitrogens with one attached hydrogen (secondary N) is 1. The van der Waals surface area contributed by atoms with Gasteiger partial charge in [-0.3, -0.25) is 4.98 Å². The highest BCUT2D eigenvalue weighted by molar-refractivity contribution is 5.94. The summed E-state index contributed by atoms with van der Waals surface area (Å²) in [6.45, 7) is 0.447. The monoisotopic (exact) mass is 280 g/mol. The fourth-order valence-electron chi connectivity index (χ4n) is 2.26. The van der Waals surface area contributed by atoms with Gasteiger partial charge < -0.3 is 10.1 Å². The summed E-state index contributed by atoms with van der Waals surface area (Å²) in [7, 11) is 3.49. The van der Waals surface area contributed by atoms with Crippen molar-refractivity contribution in [3.05, 3.63) is 48.4 Å². The van der Waals surface area contributed by atoms with Gasteiger partial charge >= 0.3 is 0 Å². The van der Waals surface area contributed by atoms with Gasteiger partial charge in [-0.2, -0.15) is 0 Å². The quantitative estimate of drug-likeness (QED) is 0.796. The first-order chi connectivity index (χ1) is 10.3. The van der Waals surface area contributed by atoms with Crippen LogP contribution >= 0.6 is 0 Å². The molecule has 0 amide bonds. The highest BCUT2D eigenvalue weighted by atomic mass is 16.5. The molecule has 0 spiro atoms. The van der Waals surface area contributed by atoms with Crippen molar-refractivity contribution in [1.29, 1.82) is 0 Å². The van der Waals surface area contributed by atoms with E-state index in [1.54, 1.807) is 13.3 Å². The Bertz CT molecular complexity index is 768. The molecule has 0 saturated heterocycles. The van der Waals surface area contributed by atoms with E-state index in [9.17, 15) is 0 Å². The van der Waals surface area contributed by atoms with Crippen LogP contribution in [0.3, 0.4) is 0 Å². The summed E-state index contributed by atoms with van der Waals surface area (Å²) in [5.74, 6) is 1.41. The van der Waals surface area contributed by atoms with Crippen molar-refractivity contribution >= 4 is 16.6 Å². The number of hydrogen-bond acceptors (Lipinski definition) is 5. The number of pyridine rings is 1. The zero-order valence-electron chi connectivity index (χ0n) is 12.0. The van der Waals surface area contributed by atoms with Crippen LogP contribution in [0.15, 0.2) is 42.7 Å². The molecule has 3 aromatic rings. The lowest BCUT2D eigenvalue weighted by atomic mass is 10.1. The van der Waals surface area contributed by atoms with Crippen molar-refractivity contribution in [1.82, 2.24) is 15.0 Å². The Hall–Kier alpha value is -2.53. The van der Waals surface area contributed by atoms with Gasteiger partial charge in [0.15, 0.2) is 5.82 Å². The Kier molecular flexibility index (Phi) is 3.75. The van der Waals surface area contributed by atoms with Gasteiger partial charge in [-0.1, -0.05) is 24.3 Å². The van der Waals surface area contributed by atoms with Gasteiger partial charge in [0.2, 0.25) is 0 Å². The lowest BCUT2D eigenvalue weighted by Crippen LogP contribution is -2.02. The Labute approximate surface area is 123 Å². The minimum Gasteiger partial charge on any atom is -0.378 e. The summed E-state index contributed by atoms with van der Waals surface area (Å²) >= 11 is 0. The molecule has 1 aromatic carbocycles. The fraction of sp³-hybridized carbons (Fsp3) is 0.188. The standard InChI is InChI=1S/C16H16N4O/c1-17-15-7-12(10-21-2)19-16(20-15)14-9-18-8-11-5-3-4-6-13(11)14/h3-9H,10H2,1-2H3,(H,17,19,20). The molecule has 3 rings (SSSR count). The molecular formula is C16H16N4O. The van der Waals surface area contributed by atoms with E-state index in [1.165, 1.54) is 0 Å². The predicted octanol–water partition coefficient (Wildman–Crippen LogP) is 2.88. The lowest BCUT2D eigenvalue weighted by molar-refractivity contribution is 0.181. The molecule has 21 heavy (non-hydrogen) atoms. The molecule has 0 atom stereocenters. The van der Waals surface area contributed by atoms with Crippen molar-refractivity contribution < 1.29 is 4.74 Å². The first-order valence-corrected chi connectivity index (χ1v) is 6.69. The average molecular weight is 280 g/mol. The van der Waals surface area contributed by atoms with E-state index in [-0.39, 0.29) is 0 Å². The molecule has 0 saturated carbocycles. The van der Waals surface area contributed by atoms with E-state index >= 15 is 0 Å². The number of rotatable bonds is 4. The van der Waals surface area contributed by atoms with Crippen LogP contribution in [0.4, 0.5) is 5.82 Å². The van der Waals surface area contributed by atoms with Crippen LogP contribution in [0.1, 0.15) is 5.69 Å². The molecule has 5 nitrogen and oxygen atoms in total. The number of nitrogens with zero attached hydrogens (tertiary/aromatic N) is 3. The zero-order valence-corrected chi connectivity index (χ0v) is 12.0. The van der Waals surface area contributed by atoms with Gasteiger partial charge in [0.25, 0.3) is 0 Å². The Balaban J connectivity index is 2.20. The second-order valence-electron chi connectivity index (χ2n) is 4.66. The maximum atomic E-state index is 5.17. The second kappa shape index (κ2) is 5.85. The van der Waals surface area contributed by atoms with E-state index in [0.29, 0.717) is 12.4 Å². The molecule has 2 heterocycles. The van der Waals surface area contributed by atoms with Crippen LogP contribution < -0.4 is 5.32 Å². The van der Waals surface area contributed by atoms with Gasteiger partial charge in [0.05, 0.1) is 12.3 Å². The second-order valence-corrected chi connectivity index (χ2v) is 4.66. The molecule has 0 aliphatic rings. The van der Waals surface area contributed by atoms with Gasteiger partial charge in [0.1, 0.15) is 5.82 Å². The Morgan fingerprint density at radius 2 is 2.00 bits per heavy atom. The minimum atomic E-state index is 0.447. The number of ether oxygens (including phenoxy) is 1. The summed E-state index contributed by atoms with van der Waals surface area (Å²) in [6, 6.07) is 9.96. The topological polar surface area (TPSA) is 59.9 Å². The Morgan fingerprint density at radius 1 is 1.14 bits per heavy atom. The maximum Gasteiger partial charge on any atom is 0.164 e. The van der Waals surface area contributed by atoms with Crippen molar-refractivity contribution in [3.8, 4) is 11.4 Å². The molecule has 5 heteroatoms. The summed E-state index contributed by atoms with van der Waals surface area (Å²) in [5.41, 5.74) is 1.75. The molecule has 0 radical (unpaired) electrons. The van der Waals surface area contributed by atoms with Gasteiger partial charge in [0, 0.05) is 43.6 Å². The molecule has 1 N–H and O–H groups in total. The molecule has 0 fully saturated rings. The summed E-state index contributed by atoms with van der Waals surface area (Å²) < 4.78 is 5.17. The summed E-state index contributed by atoms with van der Waals surface area (Å²) in [5, 5.41) is 5.22. The number of hydrogen-bond donors (Lipinski definition) is 1. The highest BCUT2D eigenvalue weighted by Gasteiger charge is 2.10.